The third-order valence-corrected chi connectivity index (χ3v) is 19.0. The van der Waals surface area contributed by atoms with Crippen molar-refractivity contribution in [3.63, 3.8) is 0 Å². The fourth-order valence-electron chi connectivity index (χ4n) is 16.0. The average Bonchev–Trinajstić information content (AvgIpc) is 3.95. The average molecular weight is 869 g/mol. The summed E-state index contributed by atoms with van der Waals surface area (Å²) >= 11 is 0. The molecule has 0 aromatic carbocycles. The van der Waals surface area contributed by atoms with E-state index in [1.807, 2.05) is 25.4 Å². The number of H-pyrrole nitrogens is 1. The number of fused-ring (bicyclic) bond motifs is 10. The van der Waals surface area contributed by atoms with Gasteiger partial charge in [0.05, 0.1) is 42.0 Å². The number of ketones is 1. The highest BCUT2D eigenvalue weighted by molar-refractivity contribution is 5.95. The van der Waals surface area contributed by atoms with Crippen LogP contribution in [0.3, 0.4) is 0 Å². The lowest BCUT2D eigenvalue weighted by atomic mass is 9.44. The van der Waals surface area contributed by atoms with Gasteiger partial charge in [-0.25, -0.2) is 0 Å². The zero-order valence-corrected chi connectivity index (χ0v) is 37.7. The molecule has 63 heavy (non-hydrogen) atoms. The molecule has 10 N–H and O–H groups in total. The van der Waals surface area contributed by atoms with E-state index in [2.05, 4.69) is 41.7 Å². The Bertz CT molecular complexity index is 2080. The third kappa shape index (κ3) is 7.26. The van der Waals surface area contributed by atoms with Crippen LogP contribution in [0.4, 0.5) is 0 Å². The quantitative estimate of drug-likeness (QED) is 0.0658. The van der Waals surface area contributed by atoms with Crippen molar-refractivity contribution in [3.05, 3.63) is 47.3 Å². The summed E-state index contributed by atoms with van der Waals surface area (Å²) in [6.07, 6.45) is 12.3. The Balaban J connectivity index is 1.17. The lowest BCUT2D eigenvalue weighted by Gasteiger charge is -2.61. The van der Waals surface area contributed by atoms with Crippen molar-refractivity contribution in [1.29, 1.82) is 0 Å². The highest BCUT2D eigenvalue weighted by Gasteiger charge is 2.73. The molecule has 0 radical (unpaired) electrons. The van der Waals surface area contributed by atoms with Gasteiger partial charge >= 0.3 is 5.97 Å². The monoisotopic (exact) mass is 869 g/mol. The van der Waals surface area contributed by atoms with Crippen LogP contribution in [0.15, 0.2) is 46.8 Å². The molecule has 7 aliphatic carbocycles. The first-order chi connectivity index (χ1) is 29.9. The lowest BCUT2D eigenvalue weighted by Crippen LogP contribution is -2.64. The minimum Gasteiger partial charge on any atom is -0.465 e. The summed E-state index contributed by atoms with van der Waals surface area (Å²) in [6.45, 7) is 8.81. The van der Waals surface area contributed by atoms with Gasteiger partial charge in [0.2, 0.25) is 0 Å². The number of aliphatic hydroxyl groups is 5. The number of carbonyl (C=O) groups excluding carboxylic acids is 2. The standard InChI is InChI=1S/C51H72N4O8/c1-27-8-9-29-10-11-33-28(2)19-43(59)49(4,61)45-31(7-5-6-30(20-35(33)34(29)18-27)36-26-63-46(60)44(36)32-13-16-54-25-32)23-51(62)38-21-40(56)39-22-41(57)42(58)24-48(39,3)37(38)12-14-50(45,51)15-17-55-47(52)53/h10,13,16,21,25,27-28,30-31,33-37,39,41-45,54,57-59,61-62H,7-9,11-12,14-15,17-20,22-24,26H2,1-4H3,(H4,52,53,55). The summed E-state index contributed by atoms with van der Waals surface area (Å²) in [5.74, 6) is 5.83. The summed E-state index contributed by atoms with van der Waals surface area (Å²) in [6, 6.07) is 1.96. The second-order valence-electron chi connectivity index (χ2n) is 22.3. The maximum atomic E-state index is 14.3. The summed E-state index contributed by atoms with van der Waals surface area (Å²) < 4.78 is 5.88. The normalized spacial score (nSPS) is 48.3. The van der Waals surface area contributed by atoms with Crippen molar-refractivity contribution in [3.8, 4) is 11.8 Å². The number of cyclic esters (lactones) is 1. The Morgan fingerprint density at radius 1 is 0.984 bits per heavy atom. The lowest BCUT2D eigenvalue weighted by molar-refractivity contribution is -0.189. The molecule has 344 valence electrons. The molecule has 5 fully saturated rings. The van der Waals surface area contributed by atoms with Crippen molar-refractivity contribution in [2.45, 2.75) is 147 Å². The molecule has 4 saturated carbocycles. The van der Waals surface area contributed by atoms with Gasteiger partial charge in [-0.3, -0.25) is 14.6 Å². The molecule has 19 atom stereocenters. The first kappa shape index (κ1) is 44.7. The number of aromatic nitrogens is 1. The minimum atomic E-state index is -1.68. The molecule has 8 aliphatic rings. The Kier molecular flexibility index (Phi) is 11.7. The molecule has 1 aliphatic heterocycles. The van der Waals surface area contributed by atoms with Crippen LogP contribution in [0, 0.1) is 87.8 Å². The van der Waals surface area contributed by atoms with E-state index in [0.717, 1.165) is 31.2 Å². The molecule has 1 saturated heterocycles. The van der Waals surface area contributed by atoms with Gasteiger partial charge in [0, 0.05) is 54.4 Å². The van der Waals surface area contributed by atoms with Crippen LogP contribution in [0.25, 0.3) is 0 Å². The number of allylic oxidation sites excluding steroid dienone is 3. The van der Waals surface area contributed by atoms with Crippen molar-refractivity contribution >= 4 is 17.7 Å². The molecule has 1 aromatic rings. The third-order valence-electron chi connectivity index (χ3n) is 19.0. The van der Waals surface area contributed by atoms with E-state index in [1.165, 1.54) is 12.0 Å². The van der Waals surface area contributed by atoms with Crippen molar-refractivity contribution in [2.24, 2.45) is 92.4 Å². The number of rotatable bonds is 5. The van der Waals surface area contributed by atoms with Gasteiger partial charge in [-0.05, 0) is 154 Å². The SMILES string of the molecule is CC1CCC2=CCC3C(C)CC(O)C(C)(O)C4C(CC#CC(C5COC(=O)C5c5cc[nH]c5)CC3C2C1)CC1(O)C2=CC(=O)C3CC(O)C(O)CC3(C)C2CCC41CCN=C(N)N. The van der Waals surface area contributed by atoms with E-state index >= 15 is 0 Å². The first-order valence-electron chi connectivity index (χ1n) is 24.2. The first-order valence-corrected chi connectivity index (χ1v) is 24.2. The van der Waals surface area contributed by atoms with Gasteiger partial charge in [0.1, 0.15) is 0 Å². The van der Waals surface area contributed by atoms with Gasteiger partial charge in [-0.2, -0.15) is 0 Å². The molecule has 9 rings (SSSR count). The Labute approximate surface area is 372 Å². The molecule has 2 heterocycles. The number of aliphatic hydroxyl groups excluding tert-OH is 3. The molecule has 0 spiro atoms. The number of hydrogen-bond acceptors (Lipinski definition) is 9. The number of aromatic amines is 1. The highest BCUT2D eigenvalue weighted by atomic mass is 16.5. The van der Waals surface area contributed by atoms with Gasteiger partial charge in [0.15, 0.2) is 11.7 Å². The maximum Gasteiger partial charge on any atom is 0.313 e. The smallest absolute Gasteiger partial charge is 0.313 e. The molecule has 0 amide bonds. The van der Waals surface area contributed by atoms with E-state index in [9.17, 15) is 35.1 Å². The van der Waals surface area contributed by atoms with E-state index in [1.54, 1.807) is 13.0 Å². The van der Waals surface area contributed by atoms with Crippen LogP contribution in [-0.2, 0) is 14.3 Å². The second-order valence-corrected chi connectivity index (χ2v) is 22.3. The number of ether oxygens (including phenoxy) is 1. The summed E-state index contributed by atoms with van der Waals surface area (Å²) in [7, 11) is 0. The van der Waals surface area contributed by atoms with Crippen molar-refractivity contribution in [2.75, 3.05) is 13.2 Å². The number of carbonyl (C=O) groups is 2. The van der Waals surface area contributed by atoms with Gasteiger partial charge in [-0.1, -0.05) is 38.3 Å². The van der Waals surface area contributed by atoms with Crippen LogP contribution < -0.4 is 11.5 Å². The largest absolute Gasteiger partial charge is 0.465 e. The number of hydrogen-bond donors (Lipinski definition) is 8. The van der Waals surface area contributed by atoms with Gasteiger partial charge in [0.25, 0.3) is 0 Å². The van der Waals surface area contributed by atoms with Crippen LogP contribution in [0.5, 0.6) is 0 Å². The Morgan fingerprint density at radius 3 is 2.52 bits per heavy atom. The van der Waals surface area contributed by atoms with Crippen LogP contribution in [-0.4, -0.2) is 90.9 Å². The summed E-state index contributed by atoms with van der Waals surface area (Å²) in [5, 5.41) is 61.5. The van der Waals surface area contributed by atoms with Crippen LogP contribution >= 0.6 is 0 Å². The Hall–Kier alpha value is -3.47. The van der Waals surface area contributed by atoms with Crippen LogP contribution in [0.2, 0.25) is 0 Å². The van der Waals surface area contributed by atoms with Gasteiger partial charge < -0.3 is 46.7 Å². The molecule has 12 nitrogen and oxygen atoms in total. The van der Waals surface area contributed by atoms with E-state index < -0.39 is 64.0 Å². The zero-order chi connectivity index (χ0) is 44.8. The maximum absolute atomic E-state index is 14.3. The van der Waals surface area contributed by atoms with Gasteiger partial charge in [-0.15, -0.1) is 5.92 Å². The summed E-state index contributed by atoms with van der Waals surface area (Å²) in [4.78, 5) is 35.4. The molecule has 19 unspecified atom stereocenters. The topological polar surface area (TPSA) is 225 Å². The van der Waals surface area contributed by atoms with E-state index in [0.29, 0.717) is 49.5 Å². The predicted octanol–water partition coefficient (Wildman–Crippen LogP) is 4.90. The predicted molar refractivity (Wildman–Crippen MR) is 238 cm³/mol. The number of nitrogens with one attached hydrogen (secondary N) is 1. The minimum absolute atomic E-state index is 0.0264. The molecular weight excluding hydrogens is 797 g/mol. The fourth-order valence-corrected chi connectivity index (χ4v) is 16.0. The zero-order valence-electron chi connectivity index (χ0n) is 37.7. The fraction of sp³-hybridized carbons (Fsp3) is 0.745. The van der Waals surface area contributed by atoms with Crippen molar-refractivity contribution < 1.29 is 39.9 Å². The van der Waals surface area contributed by atoms with Crippen molar-refractivity contribution in [1.82, 2.24) is 4.98 Å². The Morgan fingerprint density at radius 2 is 1.78 bits per heavy atom. The second kappa shape index (κ2) is 16.4. The van der Waals surface area contributed by atoms with Crippen LogP contribution in [0.1, 0.15) is 123 Å². The van der Waals surface area contributed by atoms with E-state index in [-0.39, 0.29) is 85.6 Å². The number of nitrogens with two attached hydrogens (primary N) is 2. The molecular formula is C51H72N4O8. The molecule has 0 bridgehead atoms. The number of aliphatic imine (C=N–C) groups is 1. The molecule has 1 aromatic heterocycles. The van der Waals surface area contributed by atoms with E-state index in [4.69, 9.17) is 16.2 Å². The number of guanidine groups is 1. The summed E-state index contributed by atoms with van der Waals surface area (Å²) in [5.41, 5.74) is 9.83. The number of nitrogens with zero attached hydrogens (tertiary/aromatic N) is 1. The number of esters is 1. The molecule has 12 heteroatoms. The highest BCUT2D eigenvalue weighted by Crippen LogP contribution is 2.72.